The minimum atomic E-state index is -1.06. The lowest BCUT2D eigenvalue weighted by molar-refractivity contribution is 0.0699. The molecule has 100 valence electrons. The standard InChI is InChI=1S/C14H16N2O3/c1-7-4-8(2)13(19-3)9(5-7)12-11(14(17)18)10(15)6-16-12/h4-6,16H,15H2,1-3H3,(H,17,18). The van der Waals surface area contributed by atoms with E-state index in [1.807, 2.05) is 26.0 Å². The molecule has 2 rings (SSSR count). The van der Waals surface area contributed by atoms with Gasteiger partial charge in [-0.15, -0.1) is 0 Å². The number of nitrogens with one attached hydrogen (secondary N) is 1. The van der Waals surface area contributed by atoms with Crippen LogP contribution in [0.25, 0.3) is 11.3 Å². The number of aromatic nitrogens is 1. The quantitative estimate of drug-likeness (QED) is 0.791. The lowest BCUT2D eigenvalue weighted by Crippen LogP contribution is -2.02. The monoisotopic (exact) mass is 260 g/mol. The normalized spacial score (nSPS) is 10.5. The topological polar surface area (TPSA) is 88.3 Å². The van der Waals surface area contributed by atoms with Crippen LogP contribution in [0.2, 0.25) is 0 Å². The molecular weight excluding hydrogens is 244 g/mol. The van der Waals surface area contributed by atoms with Crippen molar-refractivity contribution in [1.29, 1.82) is 0 Å². The molecule has 1 aromatic heterocycles. The third-order valence-corrected chi connectivity index (χ3v) is 3.02. The van der Waals surface area contributed by atoms with Crippen molar-refractivity contribution in [3.05, 3.63) is 35.0 Å². The zero-order valence-electron chi connectivity index (χ0n) is 11.1. The van der Waals surface area contributed by atoms with E-state index in [1.54, 1.807) is 7.11 Å². The fourth-order valence-electron chi connectivity index (χ4n) is 2.29. The van der Waals surface area contributed by atoms with Crippen molar-refractivity contribution in [2.24, 2.45) is 0 Å². The number of anilines is 1. The van der Waals surface area contributed by atoms with Gasteiger partial charge in [0.05, 0.1) is 18.5 Å². The van der Waals surface area contributed by atoms with Crippen LogP contribution in [0.15, 0.2) is 18.3 Å². The number of aromatic carboxylic acids is 1. The second kappa shape index (κ2) is 4.68. The van der Waals surface area contributed by atoms with Crippen molar-refractivity contribution in [2.75, 3.05) is 12.8 Å². The van der Waals surface area contributed by atoms with Crippen LogP contribution in [0.1, 0.15) is 21.5 Å². The molecule has 0 saturated carbocycles. The molecule has 0 spiro atoms. The summed E-state index contributed by atoms with van der Waals surface area (Å²) in [6.45, 7) is 3.87. The SMILES string of the molecule is COc1c(C)cc(C)cc1-c1[nH]cc(N)c1C(=O)O. The Balaban J connectivity index is 2.75. The zero-order chi connectivity index (χ0) is 14.2. The summed E-state index contributed by atoms with van der Waals surface area (Å²) in [4.78, 5) is 14.2. The molecule has 5 nitrogen and oxygen atoms in total. The maximum atomic E-state index is 11.3. The number of rotatable bonds is 3. The molecule has 1 heterocycles. The third kappa shape index (κ3) is 2.14. The lowest BCUT2D eigenvalue weighted by atomic mass is 10.0. The van der Waals surface area contributed by atoms with E-state index < -0.39 is 5.97 Å². The van der Waals surface area contributed by atoms with E-state index in [4.69, 9.17) is 10.5 Å². The Morgan fingerprint density at radius 1 is 1.37 bits per heavy atom. The number of carboxylic acids is 1. The van der Waals surface area contributed by atoms with E-state index in [0.717, 1.165) is 11.1 Å². The minimum absolute atomic E-state index is 0.0725. The second-order valence-corrected chi connectivity index (χ2v) is 4.46. The van der Waals surface area contributed by atoms with Crippen LogP contribution in [0.5, 0.6) is 5.75 Å². The van der Waals surface area contributed by atoms with Crippen molar-refractivity contribution >= 4 is 11.7 Å². The maximum Gasteiger partial charge on any atom is 0.340 e. The van der Waals surface area contributed by atoms with Crippen LogP contribution in [0, 0.1) is 13.8 Å². The number of carboxylic acid groups (broad SMARTS) is 1. The number of hydrogen-bond donors (Lipinski definition) is 3. The van der Waals surface area contributed by atoms with Crippen LogP contribution in [0.3, 0.4) is 0 Å². The first-order valence-electron chi connectivity index (χ1n) is 5.81. The molecule has 0 aliphatic rings. The third-order valence-electron chi connectivity index (χ3n) is 3.02. The smallest absolute Gasteiger partial charge is 0.340 e. The Bertz CT molecular complexity index is 644. The van der Waals surface area contributed by atoms with Gasteiger partial charge >= 0.3 is 5.97 Å². The number of benzene rings is 1. The van der Waals surface area contributed by atoms with Gasteiger partial charge in [-0.25, -0.2) is 4.79 Å². The van der Waals surface area contributed by atoms with Crippen LogP contribution in [-0.2, 0) is 0 Å². The summed E-state index contributed by atoms with van der Waals surface area (Å²) in [6.07, 6.45) is 1.48. The first-order valence-corrected chi connectivity index (χ1v) is 5.81. The van der Waals surface area contributed by atoms with Crippen LogP contribution >= 0.6 is 0 Å². The summed E-state index contributed by atoms with van der Waals surface area (Å²) in [6, 6.07) is 3.86. The molecule has 0 amide bonds. The summed E-state index contributed by atoms with van der Waals surface area (Å²) < 4.78 is 5.38. The minimum Gasteiger partial charge on any atom is -0.496 e. The summed E-state index contributed by atoms with van der Waals surface area (Å²) in [5.74, 6) is -0.412. The fraction of sp³-hybridized carbons (Fsp3) is 0.214. The Hall–Kier alpha value is -2.43. The number of methoxy groups -OCH3 is 1. The number of H-pyrrole nitrogens is 1. The highest BCUT2D eigenvalue weighted by molar-refractivity contribution is 6.01. The highest BCUT2D eigenvalue weighted by Crippen LogP contribution is 2.36. The second-order valence-electron chi connectivity index (χ2n) is 4.46. The average Bonchev–Trinajstić information content (AvgIpc) is 2.70. The van der Waals surface area contributed by atoms with E-state index in [9.17, 15) is 9.90 Å². The number of carbonyl (C=O) groups is 1. The molecular formula is C14H16N2O3. The van der Waals surface area contributed by atoms with Crippen LogP contribution in [-0.4, -0.2) is 23.2 Å². The van der Waals surface area contributed by atoms with Gasteiger partial charge in [0.1, 0.15) is 11.3 Å². The predicted molar refractivity (Wildman–Crippen MR) is 73.6 cm³/mol. The molecule has 0 aliphatic heterocycles. The molecule has 0 atom stereocenters. The first-order chi connectivity index (χ1) is 8.95. The van der Waals surface area contributed by atoms with Gasteiger partial charge in [-0.05, 0) is 31.0 Å². The van der Waals surface area contributed by atoms with E-state index >= 15 is 0 Å². The first kappa shape index (κ1) is 13.0. The van der Waals surface area contributed by atoms with Crippen molar-refractivity contribution in [3.8, 4) is 17.0 Å². The zero-order valence-corrected chi connectivity index (χ0v) is 11.1. The molecule has 0 bridgehead atoms. The Morgan fingerprint density at radius 2 is 2.05 bits per heavy atom. The van der Waals surface area contributed by atoms with E-state index in [2.05, 4.69) is 4.98 Å². The Kier molecular flexibility index (Phi) is 3.21. The number of nitrogens with two attached hydrogens (primary N) is 1. The van der Waals surface area contributed by atoms with Crippen LogP contribution < -0.4 is 10.5 Å². The van der Waals surface area contributed by atoms with E-state index in [0.29, 0.717) is 17.0 Å². The van der Waals surface area contributed by atoms with E-state index in [-0.39, 0.29) is 11.3 Å². The largest absolute Gasteiger partial charge is 0.496 e. The van der Waals surface area contributed by atoms with Gasteiger partial charge in [0.2, 0.25) is 0 Å². The molecule has 5 heteroatoms. The number of ether oxygens (including phenoxy) is 1. The Morgan fingerprint density at radius 3 is 2.63 bits per heavy atom. The number of aromatic amines is 1. The van der Waals surface area contributed by atoms with Gasteiger partial charge in [-0.3, -0.25) is 0 Å². The number of nitrogen functional groups attached to an aromatic ring is 1. The van der Waals surface area contributed by atoms with Crippen LogP contribution in [0.4, 0.5) is 5.69 Å². The summed E-state index contributed by atoms with van der Waals surface area (Å²) in [7, 11) is 1.56. The van der Waals surface area contributed by atoms with Gasteiger partial charge in [0.15, 0.2) is 0 Å². The predicted octanol–water partition coefficient (Wildman–Crippen LogP) is 2.59. The molecule has 0 unspecified atom stereocenters. The number of hydrogen-bond acceptors (Lipinski definition) is 3. The maximum absolute atomic E-state index is 11.3. The molecule has 0 aliphatic carbocycles. The van der Waals surface area contributed by atoms with Gasteiger partial charge < -0.3 is 20.6 Å². The van der Waals surface area contributed by atoms with Crippen molar-refractivity contribution in [1.82, 2.24) is 4.98 Å². The average molecular weight is 260 g/mol. The van der Waals surface area contributed by atoms with Crippen molar-refractivity contribution < 1.29 is 14.6 Å². The molecule has 0 saturated heterocycles. The summed E-state index contributed by atoms with van der Waals surface area (Å²) >= 11 is 0. The highest BCUT2D eigenvalue weighted by Gasteiger charge is 2.21. The van der Waals surface area contributed by atoms with Crippen molar-refractivity contribution in [3.63, 3.8) is 0 Å². The van der Waals surface area contributed by atoms with Gasteiger partial charge in [-0.1, -0.05) is 6.07 Å². The number of aryl methyl sites for hydroxylation is 2. The summed E-state index contributed by atoms with van der Waals surface area (Å²) in [5, 5.41) is 9.26. The molecule has 1 aromatic carbocycles. The van der Waals surface area contributed by atoms with Gasteiger partial charge in [0.25, 0.3) is 0 Å². The Labute approximate surface area is 111 Å². The summed E-state index contributed by atoms with van der Waals surface area (Å²) in [5.41, 5.74) is 9.12. The van der Waals surface area contributed by atoms with Crippen molar-refractivity contribution in [2.45, 2.75) is 13.8 Å². The lowest BCUT2D eigenvalue weighted by Gasteiger charge is -2.12. The van der Waals surface area contributed by atoms with Gasteiger partial charge in [0, 0.05) is 11.8 Å². The highest BCUT2D eigenvalue weighted by atomic mass is 16.5. The molecule has 0 radical (unpaired) electrons. The fourth-order valence-corrected chi connectivity index (χ4v) is 2.29. The molecule has 2 aromatic rings. The molecule has 4 N–H and O–H groups in total. The molecule has 0 fully saturated rings. The van der Waals surface area contributed by atoms with E-state index in [1.165, 1.54) is 6.20 Å². The molecule has 19 heavy (non-hydrogen) atoms. The van der Waals surface area contributed by atoms with Gasteiger partial charge in [-0.2, -0.15) is 0 Å².